The Morgan fingerprint density at radius 1 is 1.57 bits per heavy atom. The predicted molar refractivity (Wildman–Crippen MR) is 54.3 cm³/mol. The summed E-state index contributed by atoms with van der Waals surface area (Å²) >= 11 is 0. The largest absolute Gasteiger partial charge is 0.313 e. The molecule has 0 bridgehead atoms. The Morgan fingerprint density at radius 2 is 2.50 bits per heavy atom. The first kappa shape index (κ1) is 9.73. The Morgan fingerprint density at radius 3 is 3.14 bits per heavy atom. The van der Waals surface area contributed by atoms with Gasteiger partial charge in [-0.05, 0) is 19.4 Å². The van der Waals surface area contributed by atoms with E-state index in [-0.39, 0.29) is 0 Å². The second-order valence-electron chi connectivity index (χ2n) is 3.35. The zero-order chi connectivity index (χ0) is 9.80. The van der Waals surface area contributed by atoms with Gasteiger partial charge in [0.05, 0.1) is 17.0 Å². The highest BCUT2D eigenvalue weighted by atomic mass is 32.2. The van der Waals surface area contributed by atoms with E-state index in [0.29, 0.717) is 16.8 Å². The van der Waals surface area contributed by atoms with Gasteiger partial charge in [-0.15, -0.1) is 0 Å². The molecule has 2 atom stereocenters. The fourth-order valence-electron chi connectivity index (χ4n) is 1.57. The van der Waals surface area contributed by atoms with Crippen LogP contribution in [0.2, 0.25) is 0 Å². The van der Waals surface area contributed by atoms with Gasteiger partial charge in [0, 0.05) is 24.2 Å². The summed E-state index contributed by atoms with van der Waals surface area (Å²) in [5.74, 6) is 0.651. The van der Waals surface area contributed by atoms with E-state index < -0.39 is 10.8 Å². The fraction of sp³-hybridized carbons (Fsp3) is 0.556. The Balaban J connectivity index is 1.95. The molecule has 0 radical (unpaired) electrons. The molecule has 2 rings (SSSR count). The lowest BCUT2D eigenvalue weighted by molar-refractivity contribution is 0.641. The van der Waals surface area contributed by atoms with Gasteiger partial charge in [-0.2, -0.15) is 0 Å². The van der Waals surface area contributed by atoms with Crippen molar-refractivity contribution < 1.29 is 4.21 Å². The van der Waals surface area contributed by atoms with Crippen molar-refractivity contribution in [2.45, 2.75) is 23.9 Å². The zero-order valence-corrected chi connectivity index (χ0v) is 8.67. The van der Waals surface area contributed by atoms with E-state index in [4.69, 9.17) is 0 Å². The van der Waals surface area contributed by atoms with Gasteiger partial charge in [0.1, 0.15) is 5.03 Å². The van der Waals surface area contributed by atoms with Crippen LogP contribution in [0, 0.1) is 0 Å². The standard InChI is InChI=1S/C9H13N3OS/c13-14(7-8-2-1-3-11-8)9-6-10-4-5-12-9/h4-6,8,11H,1-3,7H2/t8-,14-/m0/s1. The summed E-state index contributed by atoms with van der Waals surface area (Å²) in [7, 11) is -1.01. The zero-order valence-electron chi connectivity index (χ0n) is 7.85. The average Bonchev–Trinajstić information content (AvgIpc) is 2.72. The van der Waals surface area contributed by atoms with E-state index in [1.54, 1.807) is 18.6 Å². The number of aromatic nitrogens is 2. The number of rotatable bonds is 3. The molecule has 1 aliphatic rings. The molecule has 14 heavy (non-hydrogen) atoms. The van der Waals surface area contributed by atoms with Gasteiger partial charge in [-0.1, -0.05) is 0 Å². The van der Waals surface area contributed by atoms with Crippen molar-refractivity contribution in [3.8, 4) is 0 Å². The molecule has 0 amide bonds. The first-order chi connectivity index (χ1) is 6.86. The van der Waals surface area contributed by atoms with Crippen LogP contribution < -0.4 is 5.32 Å². The highest BCUT2D eigenvalue weighted by molar-refractivity contribution is 7.85. The highest BCUT2D eigenvalue weighted by Gasteiger charge is 2.18. The van der Waals surface area contributed by atoms with Crippen LogP contribution in [-0.2, 0) is 10.8 Å². The Labute approximate surface area is 85.6 Å². The minimum atomic E-state index is -1.01. The summed E-state index contributed by atoms with van der Waals surface area (Å²) in [4.78, 5) is 7.93. The van der Waals surface area contributed by atoms with Gasteiger partial charge < -0.3 is 5.32 Å². The van der Waals surface area contributed by atoms with Crippen LogP contribution in [0.1, 0.15) is 12.8 Å². The molecule has 1 aromatic heterocycles. The molecule has 0 aliphatic carbocycles. The minimum Gasteiger partial charge on any atom is -0.313 e. The molecule has 5 heteroatoms. The summed E-state index contributed by atoms with van der Waals surface area (Å²) in [6.07, 6.45) is 7.04. The fourth-order valence-corrected chi connectivity index (χ4v) is 2.75. The molecular weight excluding hydrogens is 198 g/mol. The summed E-state index contributed by atoms with van der Waals surface area (Å²) in [6, 6.07) is 0.387. The number of hydrogen-bond acceptors (Lipinski definition) is 4. The van der Waals surface area contributed by atoms with E-state index in [1.807, 2.05) is 0 Å². The maximum atomic E-state index is 11.8. The molecule has 4 nitrogen and oxygen atoms in total. The van der Waals surface area contributed by atoms with Gasteiger partial charge in [0.2, 0.25) is 0 Å². The van der Waals surface area contributed by atoms with Crippen LogP contribution in [0.15, 0.2) is 23.6 Å². The van der Waals surface area contributed by atoms with Crippen LogP contribution in [0.25, 0.3) is 0 Å². The third-order valence-corrected chi connectivity index (χ3v) is 3.67. The van der Waals surface area contributed by atoms with Crippen molar-refractivity contribution in [1.82, 2.24) is 15.3 Å². The second kappa shape index (κ2) is 4.61. The normalized spacial score (nSPS) is 23.6. The van der Waals surface area contributed by atoms with Crippen molar-refractivity contribution in [3.05, 3.63) is 18.6 Å². The average molecular weight is 211 g/mol. The van der Waals surface area contributed by atoms with Gasteiger partial charge in [-0.3, -0.25) is 9.19 Å². The third kappa shape index (κ3) is 2.36. The van der Waals surface area contributed by atoms with Crippen LogP contribution in [-0.4, -0.2) is 32.5 Å². The van der Waals surface area contributed by atoms with Crippen molar-refractivity contribution in [1.29, 1.82) is 0 Å². The van der Waals surface area contributed by atoms with Crippen LogP contribution in [0.4, 0.5) is 0 Å². The molecule has 0 aromatic carbocycles. The van der Waals surface area contributed by atoms with Crippen molar-refractivity contribution >= 4 is 10.8 Å². The summed E-state index contributed by atoms with van der Waals surface area (Å²) in [6.45, 7) is 1.04. The molecule has 1 saturated heterocycles. The highest BCUT2D eigenvalue weighted by Crippen LogP contribution is 2.09. The van der Waals surface area contributed by atoms with E-state index >= 15 is 0 Å². The Hall–Kier alpha value is -0.810. The maximum absolute atomic E-state index is 11.8. The maximum Gasteiger partial charge on any atom is 0.145 e. The number of nitrogens with zero attached hydrogens (tertiary/aromatic N) is 2. The van der Waals surface area contributed by atoms with Crippen molar-refractivity contribution in [3.63, 3.8) is 0 Å². The quantitative estimate of drug-likeness (QED) is 0.783. The molecule has 2 heterocycles. The van der Waals surface area contributed by atoms with Gasteiger partial charge in [0.25, 0.3) is 0 Å². The Bertz CT molecular complexity index is 311. The summed E-state index contributed by atoms with van der Waals surface area (Å²) in [5.41, 5.74) is 0. The number of hydrogen-bond donors (Lipinski definition) is 1. The van der Waals surface area contributed by atoms with Gasteiger partial charge >= 0.3 is 0 Å². The lowest BCUT2D eigenvalue weighted by Crippen LogP contribution is -2.27. The third-order valence-electron chi connectivity index (χ3n) is 2.29. The van der Waals surface area contributed by atoms with Crippen LogP contribution in [0.3, 0.4) is 0 Å². The second-order valence-corrected chi connectivity index (χ2v) is 4.79. The minimum absolute atomic E-state index is 0.387. The number of nitrogens with one attached hydrogen (secondary N) is 1. The molecule has 0 saturated carbocycles. The molecule has 0 spiro atoms. The Kier molecular flexibility index (Phi) is 3.21. The lowest BCUT2D eigenvalue weighted by atomic mass is 10.3. The van der Waals surface area contributed by atoms with Crippen molar-refractivity contribution in [2.24, 2.45) is 0 Å². The first-order valence-electron chi connectivity index (χ1n) is 4.74. The lowest BCUT2D eigenvalue weighted by Gasteiger charge is -2.08. The first-order valence-corrected chi connectivity index (χ1v) is 6.06. The molecule has 76 valence electrons. The molecular formula is C9H13N3OS. The van der Waals surface area contributed by atoms with E-state index in [9.17, 15) is 4.21 Å². The van der Waals surface area contributed by atoms with E-state index in [0.717, 1.165) is 13.0 Å². The smallest absolute Gasteiger partial charge is 0.145 e. The predicted octanol–water partition coefficient (Wildman–Crippen LogP) is 0.336. The van der Waals surface area contributed by atoms with Crippen molar-refractivity contribution in [2.75, 3.05) is 12.3 Å². The summed E-state index contributed by atoms with van der Waals surface area (Å²) in [5, 5.41) is 3.90. The SMILES string of the molecule is O=[S@@](C[C@@H]1CCCN1)c1cnccn1. The molecule has 1 fully saturated rings. The van der Waals surface area contributed by atoms with Crippen LogP contribution >= 0.6 is 0 Å². The van der Waals surface area contributed by atoms with E-state index in [2.05, 4.69) is 15.3 Å². The molecule has 0 unspecified atom stereocenters. The van der Waals surface area contributed by atoms with E-state index in [1.165, 1.54) is 6.42 Å². The molecule has 1 aliphatic heterocycles. The molecule has 1 aromatic rings. The van der Waals surface area contributed by atoms with Gasteiger partial charge in [0.15, 0.2) is 0 Å². The summed E-state index contributed by atoms with van der Waals surface area (Å²) < 4.78 is 11.8. The topological polar surface area (TPSA) is 54.9 Å². The molecule has 1 N–H and O–H groups in total. The van der Waals surface area contributed by atoms with Crippen LogP contribution in [0.5, 0.6) is 0 Å². The monoisotopic (exact) mass is 211 g/mol. The van der Waals surface area contributed by atoms with Gasteiger partial charge in [-0.25, -0.2) is 4.98 Å².